The first-order valence-corrected chi connectivity index (χ1v) is 11.2. The molecule has 2 aromatic heterocycles. The molecule has 0 fully saturated rings. The van der Waals surface area contributed by atoms with Gasteiger partial charge in [0.25, 0.3) is 5.91 Å². The number of furan rings is 1. The maximum atomic E-state index is 12.1. The number of ether oxygens (including phenoxy) is 1. The zero-order valence-corrected chi connectivity index (χ0v) is 18.2. The lowest BCUT2D eigenvalue weighted by Crippen LogP contribution is -2.24. The fourth-order valence-corrected chi connectivity index (χ4v) is 4.08. The number of imidazole rings is 1. The van der Waals surface area contributed by atoms with E-state index in [1.54, 1.807) is 12.1 Å². The highest BCUT2D eigenvalue weighted by molar-refractivity contribution is 5.91. The molecule has 0 bridgehead atoms. The van der Waals surface area contributed by atoms with Crippen molar-refractivity contribution in [3.8, 4) is 5.75 Å². The highest BCUT2D eigenvalue weighted by atomic mass is 16.5. The van der Waals surface area contributed by atoms with E-state index in [0.717, 1.165) is 40.8 Å². The first kappa shape index (κ1) is 20.8. The van der Waals surface area contributed by atoms with Crippen LogP contribution in [0.4, 0.5) is 0 Å². The predicted octanol–water partition coefficient (Wildman–Crippen LogP) is 5.22. The third-order valence-electron chi connectivity index (χ3n) is 5.66. The number of carbonyl (C=O) groups is 1. The molecule has 33 heavy (non-hydrogen) atoms. The summed E-state index contributed by atoms with van der Waals surface area (Å²) in [5.74, 6) is 2.01. The zero-order chi connectivity index (χ0) is 22.5. The lowest BCUT2D eigenvalue weighted by molar-refractivity contribution is 0.0925. The number of hydrogen-bond acceptors (Lipinski definition) is 4. The second-order valence-corrected chi connectivity index (χ2v) is 7.83. The van der Waals surface area contributed by atoms with Gasteiger partial charge in [-0.3, -0.25) is 4.79 Å². The molecule has 0 atom stereocenters. The minimum Gasteiger partial charge on any atom is -0.491 e. The van der Waals surface area contributed by atoms with Gasteiger partial charge in [-0.2, -0.15) is 0 Å². The molecule has 1 N–H and O–H groups in total. The number of nitrogens with zero attached hydrogens (tertiary/aromatic N) is 2. The zero-order valence-electron chi connectivity index (χ0n) is 18.2. The van der Waals surface area contributed by atoms with E-state index in [-0.39, 0.29) is 5.91 Å². The second kappa shape index (κ2) is 9.61. The van der Waals surface area contributed by atoms with Crippen molar-refractivity contribution < 1.29 is 13.9 Å². The number of hydrogen-bond donors (Lipinski definition) is 1. The van der Waals surface area contributed by atoms with E-state index in [0.29, 0.717) is 25.5 Å². The van der Waals surface area contributed by atoms with Crippen LogP contribution in [0.5, 0.6) is 5.75 Å². The van der Waals surface area contributed by atoms with Crippen LogP contribution in [0, 0.1) is 0 Å². The molecular weight excluding hydrogens is 414 g/mol. The van der Waals surface area contributed by atoms with Crippen LogP contribution in [-0.2, 0) is 13.0 Å². The summed E-state index contributed by atoms with van der Waals surface area (Å²) in [5.41, 5.74) is 2.06. The number of para-hydroxylation sites is 2. The highest BCUT2D eigenvalue weighted by Gasteiger charge is 2.12. The fraction of sp³-hybridized carbons (Fsp3) is 0.185. The number of fused-ring (bicyclic) bond motifs is 2. The van der Waals surface area contributed by atoms with Crippen LogP contribution in [0.3, 0.4) is 0 Å². The van der Waals surface area contributed by atoms with Gasteiger partial charge < -0.3 is 19.0 Å². The van der Waals surface area contributed by atoms with Gasteiger partial charge in [0.05, 0.1) is 23.8 Å². The standard InChI is InChI=1S/C27H25N3O3/c31-27(25-14-7-18-32-25)28-16-6-15-26-29-22-11-3-4-12-23(22)30(26)17-19-33-24-13-5-9-20-8-1-2-10-21(20)24/h1-5,7-14,18H,6,15-17,19H2,(H,28,31). The highest BCUT2D eigenvalue weighted by Crippen LogP contribution is 2.25. The monoisotopic (exact) mass is 439 g/mol. The lowest BCUT2D eigenvalue weighted by Gasteiger charge is -2.12. The number of benzene rings is 3. The van der Waals surface area contributed by atoms with Gasteiger partial charge in [-0.1, -0.05) is 48.5 Å². The van der Waals surface area contributed by atoms with E-state index < -0.39 is 0 Å². The Labute approximate surface area is 191 Å². The first-order valence-electron chi connectivity index (χ1n) is 11.2. The number of rotatable bonds is 9. The summed E-state index contributed by atoms with van der Waals surface area (Å²) in [4.78, 5) is 16.9. The number of amides is 1. The molecule has 0 aliphatic rings. The van der Waals surface area contributed by atoms with Gasteiger partial charge in [0.1, 0.15) is 18.2 Å². The summed E-state index contributed by atoms with van der Waals surface area (Å²) < 4.78 is 13.5. The summed E-state index contributed by atoms with van der Waals surface area (Å²) >= 11 is 0. The molecule has 1 amide bonds. The van der Waals surface area contributed by atoms with Crippen LogP contribution in [-0.4, -0.2) is 28.6 Å². The van der Waals surface area contributed by atoms with Crippen molar-refractivity contribution in [2.24, 2.45) is 0 Å². The molecule has 3 aromatic carbocycles. The maximum Gasteiger partial charge on any atom is 0.286 e. The van der Waals surface area contributed by atoms with Gasteiger partial charge in [0.15, 0.2) is 5.76 Å². The van der Waals surface area contributed by atoms with Crippen molar-refractivity contribution in [3.63, 3.8) is 0 Å². The van der Waals surface area contributed by atoms with Crippen LogP contribution in [0.1, 0.15) is 22.8 Å². The van der Waals surface area contributed by atoms with Crippen molar-refractivity contribution in [2.75, 3.05) is 13.2 Å². The van der Waals surface area contributed by atoms with E-state index in [1.165, 1.54) is 11.6 Å². The summed E-state index contributed by atoms with van der Waals surface area (Å²) in [6, 6.07) is 25.9. The van der Waals surface area contributed by atoms with Crippen LogP contribution >= 0.6 is 0 Å². The lowest BCUT2D eigenvalue weighted by atomic mass is 10.1. The molecule has 0 saturated heterocycles. The van der Waals surface area contributed by atoms with E-state index in [2.05, 4.69) is 34.1 Å². The maximum absolute atomic E-state index is 12.1. The van der Waals surface area contributed by atoms with Crippen LogP contribution in [0.15, 0.2) is 89.5 Å². The van der Waals surface area contributed by atoms with Gasteiger partial charge >= 0.3 is 0 Å². The van der Waals surface area contributed by atoms with E-state index >= 15 is 0 Å². The SMILES string of the molecule is O=C(NCCCc1nc2ccccc2n1CCOc1cccc2ccccc12)c1ccco1. The average molecular weight is 440 g/mol. The van der Waals surface area contributed by atoms with Crippen LogP contribution in [0.2, 0.25) is 0 Å². The molecule has 0 saturated carbocycles. The average Bonchev–Trinajstić information content (AvgIpc) is 3.51. The first-order chi connectivity index (χ1) is 16.3. The Morgan fingerprint density at radius 3 is 2.73 bits per heavy atom. The van der Waals surface area contributed by atoms with Crippen molar-refractivity contribution in [1.29, 1.82) is 0 Å². The van der Waals surface area contributed by atoms with Crippen molar-refractivity contribution in [1.82, 2.24) is 14.9 Å². The van der Waals surface area contributed by atoms with Gasteiger partial charge in [-0.15, -0.1) is 0 Å². The topological polar surface area (TPSA) is 69.3 Å². The van der Waals surface area contributed by atoms with E-state index in [9.17, 15) is 4.79 Å². The molecular formula is C27H25N3O3. The van der Waals surface area contributed by atoms with Crippen molar-refractivity contribution in [2.45, 2.75) is 19.4 Å². The van der Waals surface area contributed by atoms with Gasteiger partial charge in [-0.05, 0) is 42.1 Å². The molecule has 0 spiro atoms. The number of nitrogens with one attached hydrogen (secondary N) is 1. The molecule has 6 nitrogen and oxygen atoms in total. The molecule has 0 radical (unpaired) electrons. The molecule has 6 heteroatoms. The number of aryl methyl sites for hydroxylation is 1. The Morgan fingerprint density at radius 1 is 0.970 bits per heavy atom. The summed E-state index contributed by atoms with van der Waals surface area (Å²) in [6.07, 6.45) is 3.03. The quantitative estimate of drug-likeness (QED) is 0.320. The van der Waals surface area contributed by atoms with Gasteiger partial charge in [0, 0.05) is 18.4 Å². The molecule has 5 aromatic rings. The van der Waals surface area contributed by atoms with E-state index in [1.807, 2.05) is 42.5 Å². The molecule has 0 aliphatic heterocycles. The predicted molar refractivity (Wildman–Crippen MR) is 129 cm³/mol. The van der Waals surface area contributed by atoms with Gasteiger partial charge in [-0.25, -0.2) is 4.98 Å². The third-order valence-corrected chi connectivity index (χ3v) is 5.66. The Hall–Kier alpha value is -4.06. The second-order valence-electron chi connectivity index (χ2n) is 7.83. The molecule has 5 rings (SSSR count). The normalized spacial score (nSPS) is 11.2. The summed E-state index contributed by atoms with van der Waals surface area (Å²) in [5, 5.41) is 5.18. The van der Waals surface area contributed by atoms with Gasteiger partial charge in [0.2, 0.25) is 0 Å². The Morgan fingerprint density at radius 2 is 1.82 bits per heavy atom. The van der Waals surface area contributed by atoms with E-state index in [4.69, 9.17) is 14.1 Å². The Kier molecular flexibility index (Phi) is 6.06. The van der Waals surface area contributed by atoms with Crippen molar-refractivity contribution >= 4 is 27.7 Å². The third kappa shape index (κ3) is 4.60. The molecule has 166 valence electrons. The number of carbonyl (C=O) groups excluding carboxylic acids is 1. The molecule has 0 aliphatic carbocycles. The summed E-state index contributed by atoms with van der Waals surface area (Å²) in [7, 11) is 0. The summed E-state index contributed by atoms with van der Waals surface area (Å²) in [6.45, 7) is 1.78. The largest absolute Gasteiger partial charge is 0.491 e. The smallest absolute Gasteiger partial charge is 0.286 e. The fourth-order valence-electron chi connectivity index (χ4n) is 4.08. The Bertz CT molecular complexity index is 1370. The number of aromatic nitrogens is 2. The van der Waals surface area contributed by atoms with Crippen molar-refractivity contribution in [3.05, 3.63) is 96.7 Å². The molecule has 0 unspecified atom stereocenters. The molecule has 2 heterocycles. The van der Waals surface area contributed by atoms with Crippen LogP contribution < -0.4 is 10.1 Å². The Balaban J connectivity index is 1.25. The minimum absolute atomic E-state index is 0.197. The van der Waals surface area contributed by atoms with Crippen LogP contribution in [0.25, 0.3) is 21.8 Å². The minimum atomic E-state index is -0.197.